The van der Waals surface area contributed by atoms with Gasteiger partial charge in [-0.1, -0.05) is 11.6 Å². The van der Waals surface area contributed by atoms with Crippen molar-refractivity contribution in [3.63, 3.8) is 0 Å². The predicted molar refractivity (Wildman–Crippen MR) is 111 cm³/mol. The molecule has 9 heteroatoms. The molecule has 0 aromatic carbocycles. The van der Waals surface area contributed by atoms with Crippen LogP contribution < -0.4 is 10.6 Å². The number of hydrogen-bond donors (Lipinski definition) is 2. The van der Waals surface area contributed by atoms with Crippen LogP contribution in [0.15, 0.2) is 30.7 Å². The third-order valence-corrected chi connectivity index (χ3v) is 7.03. The van der Waals surface area contributed by atoms with Gasteiger partial charge < -0.3 is 10.6 Å². The van der Waals surface area contributed by atoms with Crippen molar-refractivity contribution in [3.8, 4) is 0 Å². The molecule has 0 radical (unpaired) electrons. The highest BCUT2D eigenvalue weighted by Gasteiger charge is 2.70. The van der Waals surface area contributed by atoms with Crippen molar-refractivity contribution in [2.24, 2.45) is 5.41 Å². The molecule has 2 saturated carbocycles. The third kappa shape index (κ3) is 2.56. The number of anilines is 1. The van der Waals surface area contributed by atoms with Crippen LogP contribution in [0, 0.1) is 19.3 Å². The van der Waals surface area contributed by atoms with E-state index in [-0.39, 0.29) is 11.8 Å². The van der Waals surface area contributed by atoms with Crippen LogP contribution >= 0.6 is 11.6 Å². The van der Waals surface area contributed by atoms with Crippen molar-refractivity contribution >= 4 is 34.7 Å². The molecule has 30 heavy (non-hydrogen) atoms. The molecule has 3 heterocycles. The van der Waals surface area contributed by atoms with Crippen molar-refractivity contribution in [1.29, 1.82) is 0 Å². The fourth-order valence-electron chi connectivity index (χ4n) is 4.82. The number of aromatic nitrogens is 4. The molecule has 2 aliphatic carbocycles. The zero-order chi connectivity index (χ0) is 21.1. The predicted octanol–water partition coefficient (Wildman–Crippen LogP) is 3.08. The van der Waals surface area contributed by atoms with E-state index >= 15 is 0 Å². The summed E-state index contributed by atoms with van der Waals surface area (Å²) in [6, 6.07) is 3.55. The maximum Gasteiger partial charge on any atom is 0.257 e. The summed E-state index contributed by atoms with van der Waals surface area (Å²) in [5.41, 5.74) is 1.98. The van der Waals surface area contributed by atoms with Gasteiger partial charge in [-0.05, 0) is 51.7 Å². The van der Waals surface area contributed by atoms with Crippen LogP contribution in [0.25, 0.3) is 5.65 Å². The molecule has 0 unspecified atom stereocenters. The van der Waals surface area contributed by atoms with E-state index in [2.05, 4.69) is 25.7 Å². The van der Waals surface area contributed by atoms with E-state index in [1.807, 2.05) is 19.9 Å². The summed E-state index contributed by atoms with van der Waals surface area (Å²) in [5, 5.41) is 10.8. The molecule has 8 nitrogen and oxygen atoms in total. The summed E-state index contributed by atoms with van der Waals surface area (Å²) >= 11 is 6.16. The SMILES string of the molecule is Cc1cc(C)n2ncc(C(=O)NC34CCC3(C(=O)Nc3cnccc3Cl)CC4)c2n1. The number of nitrogens with one attached hydrogen (secondary N) is 2. The number of aryl methyl sites for hydroxylation is 2. The largest absolute Gasteiger partial charge is 0.345 e. The Balaban J connectivity index is 1.39. The lowest BCUT2D eigenvalue weighted by atomic mass is 9.42. The van der Waals surface area contributed by atoms with Gasteiger partial charge in [-0.3, -0.25) is 14.6 Å². The maximum absolute atomic E-state index is 13.1. The molecular weight excluding hydrogens is 404 g/mol. The molecule has 5 rings (SSSR count). The van der Waals surface area contributed by atoms with E-state index in [0.717, 1.165) is 37.1 Å². The Morgan fingerprint density at radius 2 is 1.93 bits per heavy atom. The first-order valence-corrected chi connectivity index (χ1v) is 10.3. The number of halogens is 1. The molecule has 3 aromatic heterocycles. The van der Waals surface area contributed by atoms with Gasteiger partial charge in [0.1, 0.15) is 5.56 Å². The van der Waals surface area contributed by atoms with E-state index in [4.69, 9.17) is 11.6 Å². The summed E-state index contributed by atoms with van der Waals surface area (Å²) in [4.78, 5) is 34.8. The van der Waals surface area contributed by atoms with Crippen molar-refractivity contribution < 1.29 is 9.59 Å². The van der Waals surface area contributed by atoms with Crippen molar-refractivity contribution in [2.75, 3.05) is 5.32 Å². The molecule has 2 fully saturated rings. The minimum absolute atomic E-state index is 0.125. The fraction of sp³-hybridized carbons (Fsp3) is 0.381. The average molecular weight is 425 g/mol. The maximum atomic E-state index is 13.1. The van der Waals surface area contributed by atoms with Gasteiger partial charge in [0.25, 0.3) is 5.91 Å². The monoisotopic (exact) mass is 424 g/mol. The quantitative estimate of drug-likeness (QED) is 0.670. The first-order valence-electron chi connectivity index (χ1n) is 9.91. The molecule has 3 aromatic rings. The van der Waals surface area contributed by atoms with Crippen molar-refractivity contribution in [3.05, 3.63) is 52.7 Å². The van der Waals surface area contributed by atoms with Gasteiger partial charge in [-0.2, -0.15) is 5.10 Å². The smallest absolute Gasteiger partial charge is 0.257 e. The van der Waals surface area contributed by atoms with Crippen LogP contribution in [-0.4, -0.2) is 36.9 Å². The minimum Gasteiger partial charge on any atom is -0.345 e. The number of nitrogens with zero attached hydrogens (tertiary/aromatic N) is 4. The highest BCUT2D eigenvalue weighted by Crippen LogP contribution is 2.64. The topological polar surface area (TPSA) is 101 Å². The Morgan fingerprint density at radius 3 is 2.60 bits per heavy atom. The first kappa shape index (κ1) is 19.0. The van der Waals surface area contributed by atoms with Crippen molar-refractivity contribution in [2.45, 2.75) is 45.1 Å². The Bertz CT molecular complexity index is 1200. The minimum atomic E-state index is -0.621. The zero-order valence-electron chi connectivity index (χ0n) is 16.7. The Hall–Kier alpha value is -3.00. The molecule has 2 amide bonds. The van der Waals surface area contributed by atoms with Crippen LogP contribution in [0.2, 0.25) is 5.02 Å². The molecule has 0 atom stereocenters. The first-order chi connectivity index (χ1) is 14.4. The third-order valence-electron chi connectivity index (χ3n) is 6.70. The Morgan fingerprint density at radius 1 is 1.17 bits per heavy atom. The molecule has 0 spiro atoms. The number of hydrogen-bond acceptors (Lipinski definition) is 5. The second kappa shape index (κ2) is 6.50. The summed E-state index contributed by atoms with van der Waals surface area (Å²) < 4.78 is 1.66. The number of pyridine rings is 1. The van der Waals surface area contributed by atoms with Gasteiger partial charge in [0.05, 0.1) is 34.1 Å². The average Bonchev–Trinajstić information content (AvgIpc) is 3.12. The Kier molecular flexibility index (Phi) is 4.12. The zero-order valence-corrected chi connectivity index (χ0v) is 17.5. The number of carbonyl (C=O) groups excluding carboxylic acids is 2. The lowest BCUT2D eigenvalue weighted by molar-refractivity contribution is -0.161. The molecular formula is C21H21ClN6O2. The number of fused-ring (bicyclic) bond motifs is 2. The van der Waals surface area contributed by atoms with Gasteiger partial charge in [0.15, 0.2) is 5.65 Å². The number of amides is 2. The molecule has 0 saturated heterocycles. The summed E-state index contributed by atoms with van der Waals surface area (Å²) in [7, 11) is 0. The van der Waals surface area contributed by atoms with Crippen LogP contribution in [0.3, 0.4) is 0 Å². The van der Waals surface area contributed by atoms with Gasteiger partial charge in [-0.25, -0.2) is 9.50 Å². The molecule has 0 bridgehead atoms. The van der Waals surface area contributed by atoms with E-state index < -0.39 is 11.0 Å². The van der Waals surface area contributed by atoms with Gasteiger partial charge in [0.2, 0.25) is 5.91 Å². The van der Waals surface area contributed by atoms with Gasteiger partial charge in [-0.15, -0.1) is 0 Å². The number of carbonyl (C=O) groups is 2. The van der Waals surface area contributed by atoms with E-state index in [1.165, 1.54) is 12.4 Å². The van der Waals surface area contributed by atoms with E-state index in [1.54, 1.807) is 16.8 Å². The van der Waals surface area contributed by atoms with Crippen LogP contribution in [0.5, 0.6) is 0 Å². The second-order valence-corrected chi connectivity index (χ2v) is 8.67. The molecule has 0 aliphatic heterocycles. The lowest BCUT2D eigenvalue weighted by Crippen LogP contribution is -2.77. The summed E-state index contributed by atoms with van der Waals surface area (Å²) in [6.07, 6.45) is 7.61. The van der Waals surface area contributed by atoms with Gasteiger partial charge in [0, 0.05) is 17.6 Å². The molecule has 2 aliphatic rings. The Labute approximate surface area is 178 Å². The van der Waals surface area contributed by atoms with E-state index in [9.17, 15) is 9.59 Å². The standard InChI is InChI=1S/C21H21ClN6O2/c1-12-9-13(2)28-17(25-12)14(10-24-28)18(29)27-21-6-4-20(21,5-7-21)19(30)26-16-11-23-8-3-15(16)22/h3,8-11H,4-7H2,1-2H3,(H,26,30)(H,27,29). The van der Waals surface area contributed by atoms with Crippen LogP contribution in [-0.2, 0) is 4.79 Å². The summed E-state index contributed by atoms with van der Waals surface area (Å²) in [5.74, 6) is -0.377. The highest BCUT2D eigenvalue weighted by atomic mass is 35.5. The number of rotatable bonds is 4. The normalized spacial score (nSPS) is 24.5. The van der Waals surface area contributed by atoms with E-state index in [0.29, 0.717) is 21.9 Å². The fourth-order valence-corrected chi connectivity index (χ4v) is 4.98. The van der Waals surface area contributed by atoms with Crippen molar-refractivity contribution in [1.82, 2.24) is 24.9 Å². The molecule has 2 N–H and O–H groups in total. The molecule has 154 valence electrons. The van der Waals surface area contributed by atoms with Gasteiger partial charge >= 0.3 is 0 Å². The lowest BCUT2D eigenvalue weighted by Gasteiger charge is -2.66. The highest BCUT2D eigenvalue weighted by molar-refractivity contribution is 6.33. The van der Waals surface area contributed by atoms with Crippen LogP contribution in [0.4, 0.5) is 5.69 Å². The second-order valence-electron chi connectivity index (χ2n) is 8.26. The van der Waals surface area contributed by atoms with Crippen LogP contribution in [0.1, 0.15) is 47.4 Å². The summed E-state index contributed by atoms with van der Waals surface area (Å²) in [6.45, 7) is 3.81.